The molecule has 0 fully saturated rings. The van der Waals surface area contributed by atoms with Crippen LogP contribution in [0.15, 0.2) is 24.3 Å². The second-order valence-electron chi connectivity index (χ2n) is 5.00. The third-order valence-electron chi connectivity index (χ3n) is 3.58. The molecule has 5 heteroatoms. The zero-order valence-electron chi connectivity index (χ0n) is 12.8. The Hall–Kier alpha value is -1.52. The number of ether oxygens (including phenoxy) is 1. The average molecular weight is 308 g/mol. The van der Waals surface area contributed by atoms with E-state index in [2.05, 4.69) is 12.0 Å². The number of rotatable bonds is 6. The number of halogens is 1. The van der Waals surface area contributed by atoms with Gasteiger partial charge in [-0.1, -0.05) is 36.7 Å². The number of nitrogens with two attached hydrogens (primary N) is 1. The topological polar surface area (TPSA) is 53.1 Å². The summed E-state index contributed by atoms with van der Waals surface area (Å²) in [5.74, 6) is 0.810. The van der Waals surface area contributed by atoms with Gasteiger partial charge in [-0.05, 0) is 26.3 Å². The molecule has 0 radical (unpaired) electrons. The van der Waals surface area contributed by atoms with Gasteiger partial charge in [0.25, 0.3) is 0 Å². The fraction of sp³-hybridized carbons (Fsp3) is 0.438. The van der Waals surface area contributed by atoms with Gasteiger partial charge in [-0.15, -0.1) is 0 Å². The van der Waals surface area contributed by atoms with E-state index < -0.39 is 0 Å². The summed E-state index contributed by atoms with van der Waals surface area (Å²) in [6, 6.07) is 7.86. The Kier molecular flexibility index (Phi) is 5.26. The number of para-hydroxylation sites is 1. The summed E-state index contributed by atoms with van der Waals surface area (Å²) < 4.78 is 7.83. The number of benzene rings is 1. The monoisotopic (exact) mass is 307 g/mol. The van der Waals surface area contributed by atoms with Crippen molar-refractivity contribution in [2.24, 2.45) is 5.73 Å². The van der Waals surface area contributed by atoms with Gasteiger partial charge < -0.3 is 10.5 Å². The van der Waals surface area contributed by atoms with Crippen molar-refractivity contribution >= 4 is 11.6 Å². The molecule has 2 N–H and O–H groups in total. The van der Waals surface area contributed by atoms with Crippen molar-refractivity contribution in [1.82, 2.24) is 9.78 Å². The molecular weight excluding hydrogens is 286 g/mol. The van der Waals surface area contributed by atoms with E-state index in [9.17, 15) is 0 Å². The van der Waals surface area contributed by atoms with Gasteiger partial charge in [-0.2, -0.15) is 5.10 Å². The van der Waals surface area contributed by atoms with E-state index in [0.29, 0.717) is 11.6 Å². The van der Waals surface area contributed by atoms with Crippen LogP contribution in [-0.2, 0) is 13.2 Å². The van der Waals surface area contributed by atoms with Gasteiger partial charge in [0.2, 0.25) is 0 Å². The second-order valence-corrected chi connectivity index (χ2v) is 5.38. The zero-order chi connectivity index (χ0) is 15.4. The van der Waals surface area contributed by atoms with E-state index in [1.807, 2.05) is 42.8 Å². The van der Waals surface area contributed by atoms with E-state index in [1.54, 1.807) is 0 Å². The summed E-state index contributed by atoms with van der Waals surface area (Å²) in [5, 5.41) is 5.07. The Morgan fingerprint density at radius 2 is 2.05 bits per heavy atom. The molecular formula is C16H22ClN3O. The van der Waals surface area contributed by atoms with Gasteiger partial charge >= 0.3 is 0 Å². The van der Waals surface area contributed by atoms with E-state index in [-0.39, 0.29) is 6.04 Å². The van der Waals surface area contributed by atoms with Crippen LogP contribution >= 0.6 is 11.6 Å². The SMILES string of the molecule is CC[C@@H](N)c1ccccc1OCc1c(Cl)c(C)nn1CC. The summed E-state index contributed by atoms with van der Waals surface area (Å²) in [4.78, 5) is 0. The summed E-state index contributed by atoms with van der Waals surface area (Å²) >= 11 is 6.30. The molecule has 0 saturated carbocycles. The highest BCUT2D eigenvalue weighted by atomic mass is 35.5. The van der Waals surface area contributed by atoms with Crippen molar-refractivity contribution < 1.29 is 4.74 Å². The fourth-order valence-electron chi connectivity index (χ4n) is 2.29. The third kappa shape index (κ3) is 3.39. The molecule has 0 saturated heterocycles. The highest BCUT2D eigenvalue weighted by molar-refractivity contribution is 6.31. The molecule has 4 nitrogen and oxygen atoms in total. The van der Waals surface area contributed by atoms with E-state index >= 15 is 0 Å². The molecule has 0 bridgehead atoms. The van der Waals surface area contributed by atoms with Gasteiger partial charge in [-0.25, -0.2) is 0 Å². The number of hydrogen-bond acceptors (Lipinski definition) is 3. The van der Waals surface area contributed by atoms with E-state index in [1.165, 1.54) is 0 Å². The van der Waals surface area contributed by atoms with Crippen molar-refractivity contribution in [3.63, 3.8) is 0 Å². The average Bonchev–Trinajstić information content (AvgIpc) is 2.79. The van der Waals surface area contributed by atoms with Crippen LogP contribution in [0.2, 0.25) is 5.02 Å². The number of hydrogen-bond donors (Lipinski definition) is 1. The quantitative estimate of drug-likeness (QED) is 0.882. The first-order chi connectivity index (χ1) is 10.1. The molecule has 2 rings (SSSR count). The molecule has 1 aromatic heterocycles. The Morgan fingerprint density at radius 1 is 1.33 bits per heavy atom. The first-order valence-electron chi connectivity index (χ1n) is 7.27. The number of aryl methyl sites for hydroxylation is 2. The number of aromatic nitrogens is 2. The van der Waals surface area contributed by atoms with E-state index in [0.717, 1.165) is 35.7 Å². The molecule has 114 valence electrons. The molecule has 0 aliphatic heterocycles. The highest BCUT2D eigenvalue weighted by Crippen LogP contribution is 2.27. The lowest BCUT2D eigenvalue weighted by atomic mass is 10.0. The van der Waals surface area contributed by atoms with Crippen LogP contribution in [0.4, 0.5) is 0 Å². The first-order valence-corrected chi connectivity index (χ1v) is 7.65. The molecule has 1 atom stereocenters. The Labute approximate surface area is 130 Å². The Bertz CT molecular complexity index is 610. The summed E-state index contributed by atoms with van der Waals surface area (Å²) in [7, 11) is 0. The molecule has 0 amide bonds. The lowest BCUT2D eigenvalue weighted by Gasteiger charge is -2.16. The van der Waals surface area contributed by atoms with E-state index in [4.69, 9.17) is 22.1 Å². The minimum atomic E-state index is -0.0190. The Balaban J connectivity index is 2.21. The van der Waals surface area contributed by atoms with Gasteiger partial charge in [0, 0.05) is 18.2 Å². The van der Waals surface area contributed by atoms with Crippen molar-refractivity contribution in [2.75, 3.05) is 0 Å². The molecule has 0 spiro atoms. The van der Waals surface area contributed by atoms with Crippen LogP contribution in [-0.4, -0.2) is 9.78 Å². The van der Waals surface area contributed by atoms with Crippen molar-refractivity contribution in [3.05, 3.63) is 46.2 Å². The number of nitrogens with zero attached hydrogens (tertiary/aromatic N) is 2. The van der Waals surface area contributed by atoms with Gasteiger partial charge in [0.1, 0.15) is 12.4 Å². The van der Waals surface area contributed by atoms with Crippen LogP contribution in [0, 0.1) is 6.92 Å². The maximum absolute atomic E-state index is 6.30. The minimum absolute atomic E-state index is 0.0190. The normalized spacial score (nSPS) is 12.4. The molecule has 0 aliphatic carbocycles. The van der Waals surface area contributed by atoms with Gasteiger partial charge in [0.05, 0.1) is 16.4 Å². The predicted molar refractivity (Wildman–Crippen MR) is 85.6 cm³/mol. The maximum atomic E-state index is 6.30. The fourth-order valence-corrected chi connectivity index (χ4v) is 2.48. The molecule has 1 heterocycles. The molecule has 1 aromatic carbocycles. The molecule has 0 aliphatic rings. The van der Waals surface area contributed by atoms with Gasteiger partial charge in [-0.3, -0.25) is 4.68 Å². The summed E-state index contributed by atoms with van der Waals surface area (Å²) in [5.41, 5.74) is 8.88. The second kappa shape index (κ2) is 6.96. The van der Waals surface area contributed by atoms with Crippen molar-refractivity contribution in [3.8, 4) is 5.75 Å². The summed E-state index contributed by atoms with van der Waals surface area (Å²) in [6.45, 7) is 7.16. The third-order valence-corrected chi connectivity index (χ3v) is 4.07. The maximum Gasteiger partial charge on any atom is 0.131 e. The van der Waals surface area contributed by atoms with Gasteiger partial charge in [0.15, 0.2) is 0 Å². The highest BCUT2D eigenvalue weighted by Gasteiger charge is 2.15. The largest absolute Gasteiger partial charge is 0.487 e. The lowest BCUT2D eigenvalue weighted by molar-refractivity contribution is 0.287. The van der Waals surface area contributed by atoms with Crippen molar-refractivity contribution in [1.29, 1.82) is 0 Å². The zero-order valence-corrected chi connectivity index (χ0v) is 13.5. The Morgan fingerprint density at radius 3 is 2.71 bits per heavy atom. The van der Waals surface area contributed by atoms with Crippen LogP contribution in [0.5, 0.6) is 5.75 Å². The van der Waals surface area contributed by atoms with Crippen LogP contribution in [0.3, 0.4) is 0 Å². The standard InChI is InChI=1S/C16H22ClN3O/c1-4-13(18)12-8-6-7-9-15(12)21-10-14-16(17)11(3)19-20(14)5-2/h6-9,13H,4-5,10,18H2,1-3H3/t13-/m1/s1. The smallest absolute Gasteiger partial charge is 0.131 e. The molecule has 2 aromatic rings. The van der Waals surface area contributed by atoms with Crippen LogP contribution in [0.1, 0.15) is 43.3 Å². The minimum Gasteiger partial charge on any atom is -0.487 e. The summed E-state index contributed by atoms with van der Waals surface area (Å²) in [6.07, 6.45) is 0.868. The van der Waals surface area contributed by atoms with Crippen LogP contribution in [0.25, 0.3) is 0 Å². The molecule has 0 unspecified atom stereocenters. The molecule has 21 heavy (non-hydrogen) atoms. The van der Waals surface area contributed by atoms with Crippen LogP contribution < -0.4 is 10.5 Å². The lowest BCUT2D eigenvalue weighted by Crippen LogP contribution is -2.12. The van der Waals surface area contributed by atoms with Crippen molar-refractivity contribution in [2.45, 2.75) is 46.4 Å². The predicted octanol–water partition coefficient (Wildman–Crippen LogP) is 3.85. The first kappa shape index (κ1) is 15.9.